The number of rotatable bonds is 0. The summed E-state index contributed by atoms with van der Waals surface area (Å²) in [6.45, 7) is 0. The second-order valence-electron chi connectivity index (χ2n) is 4.71. The molecule has 0 aromatic heterocycles. The largest absolute Gasteiger partial charge is 0.206 e. The van der Waals surface area contributed by atoms with Gasteiger partial charge < -0.3 is 0 Å². The first kappa shape index (κ1) is 10.5. The molecule has 0 unspecified atom stereocenters. The van der Waals surface area contributed by atoms with Crippen molar-refractivity contribution in [2.24, 2.45) is 0 Å². The highest BCUT2D eigenvalue weighted by atomic mass is 19.1. The van der Waals surface area contributed by atoms with Gasteiger partial charge in [0.15, 0.2) is 0 Å². The fraction of sp³-hybridized carbons (Fsp3) is 0.250. The molecule has 0 atom stereocenters. The third-order valence-electron chi connectivity index (χ3n) is 3.52. The molecular formula is C16H15F. The highest BCUT2D eigenvalue weighted by Crippen LogP contribution is 2.20. The van der Waals surface area contributed by atoms with Gasteiger partial charge in [-0.2, -0.15) is 0 Å². The maximum absolute atomic E-state index is 14.1. The summed E-state index contributed by atoms with van der Waals surface area (Å²) in [5.74, 6) is 0.0117. The molecule has 0 heterocycles. The third-order valence-corrected chi connectivity index (χ3v) is 3.52. The van der Waals surface area contributed by atoms with E-state index in [4.69, 9.17) is 0 Å². The first-order valence-corrected chi connectivity index (χ1v) is 6.17. The number of aryl methyl sites for hydroxylation is 4. The van der Waals surface area contributed by atoms with Crippen LogP contribution in [0.25, 0.3) is 0 Å². The minimum absolute atomic E-state index is 0.0117. The van der Waals surface area contributed by atoms with Gasteiger partial charge in [-0.15, -0.1) is 0 Å². The van der Waals surface area contributed by atoms with Crippen molar-refractivity contribution < 1.29 is 4.39 Å². The van der Waals surface area contributed by atoms with Crippen molar-refractivity contribution in [3.8, 4) is 0 Å². The Morgan fingerprint density at radius 1 is 0.706 bits per heavy atom. The first-order valence-electron chi connectivity index (χ1n) is 6.17. The van der Waals surface area contributed by atoms with Gasteiger partial charge in [0.05, 0.1) is 0 Å². The molecular weight excluding hydrogens is 211 g/mol. The van der Waals surface area contributed by atoms with Crippen LogP contribution in [0.3, 0.4) is 0 Å². The minimum atomic E-state index is 0.0117. The summed E-state index contributed by atoms with van der Waals surface area (Å²) in [6, 6.07) is 14.4. The topological polar surface area (TPSA) is 0 Å². The van der Waals surface area contributed by atoms with Gasteiger partial charge in [-0.1, -0.05) is 42.5 Å². The quantitative estimate of drug-likeness (QED) is 0.642. The van der Waals surface area contributed by atoms with Gasteiger partial charge in [-0.3, -0.25) is 0 Å². The van der Waals surface area contributed by atoms with Gasteiger partial charge in [0.1, 0.15) is 5.82 Å². The molecule has 86 valence electrons. The Balaban J connectivity index is 2.03. The molecule has 0 N–H and O–H groups in total. The van der Waals surface area contributed by atoms with Gasteiger partial charge in [0, 0.05) is 0 Å². The van der Waals surface area contributed by atoms with E-state index in [1.165, 1.54) is 11.1 Å². The van der Waals surface area contributed by atoms with Crippen LogP contribution in [0.4, 0.5) is 4.39 Å². The minimum Gasteiger partial charge on any atom is -0.206 e. The lowest BCUT2D eigenvalue weighted by molar-refractivity contribution is 0.589. The molecule has 0 nitrogen and oxygen atoms in total. The lowest BCUT2D eigenvalue weighted by Gasteiger charge is -2.12. The van der Waals surface area contributed by atoms with E-state index in [0.29, 0.717) is 0 Å². The molecule has 2 aromatic rings. The predicted molar refractivity (Wildman–Crippen MR) is 67.7 cm³/mol. The summed E-state index contributed by atoms with van der Waals surface area (Å²) in [5.41, 5.74) is 4.34. The summed E-state index contributed by atoms with van der Waals surface area (Å²) in [5, 5.41) is 0. The number of hydrogen-bond donors (Lipinski definition) is 0. The maximum Gasteiger partial charge on any atom is 0.129 e. The summed E-state index contributed by atoms with van der Waals surface area (Å²) >= 11 is 0. The molecule has 17 heavy (non-hydrogen) atoms. The van der Waals surface area contributed by atoms with Crippen LogP contribution in [0.2, 0.25) is 0 Å². The first-order chi connectivity index (χ1) is 8.33. The highest BCUT2D eigenvalue weighted by molar-refractivity contribution is 5.31. The van der Waals surface area contributed by atoms with Crippen LogP contribution >= 0.6 is 0 Å². The van der Waals surface area contributed by atoms with Crippen molar-refractivity contribution in [2.75, 3.05) is 0 Å². The molecule has 0 aliphatic heterocycles. The molecule has 1 heteroatoms. The fourth-order valence-electron chi connectivity index (χ4n) is 2.52. The molecule has 0 radical (unpaired) electrons. The molecule has 0 amide bonds. The van der Waals surface area contributed by atoms with Gasteiger partial charge in [-0.25, -0.2) is 4.39 Å². The third kappa shape index (κ3) is 2.10. The monoisotopic (exact) mass is 226 g/mol. The Morgan fingerprint density at radius 3 is 1.82 bits per heavy atom. The fourth-order valence-corrected chi connectivity index (χ4v) is 2.52. The second kappa shape index (κ2) is 4.33. The van der Waals surface area contributed by atoms with E-state index in [1.54, 1.807) is 0 Å². The average molecular weight is 226 g/mol. The summed E-state index contributed by atoms with van der Waals surface area (Å²) in [7, 11) is 0. The maximum atomic E-state index is 14.1. The van der Waals surface area contributed by atoms with E-state index < -0.39 is 0 Å². The Hall–Kier alpha value is -1.63. The Labute approximate surface area is 101 Å². The van der Waals surface area contributed by atoms with E-state index in [-0.39, 0.29) is 5.82 Å². The molecule has 0 spiro atoms. The number of benzene rings is 2. The smallest absolute Gasteiger partial charge is 0.129 e. The summed E-state index contributed by atoms with van der Waals surface area (Å²) < 4.78 is 14.1. The molecule has 0 fully saturated rings. The van der Waals surface area contributed by atoms with Crippen LogP contribution in [0.1, 0.15) is 22.3 Å². The van der Waals surface area contributed by atoms with E-state index in [0.717, 1.165) is 36.8 Å². The van der Waals surface area contributed by atoms with Crippen molar-refractivity contribution >= 4 is 0 Å². The SMILES string of the molecule is Fc1c2cccc1CCc1cccc(c1)CC2. The molecule has 2 aromatic carbocycles. The molecule has 1 aliphatic carbocycles. The summed E-state index contributed by atoms with van der Waals surface area (Å²) in [4.78, 5) is 0. The van der Waals surface area contributed by atoms with Crippen molar-refractivity contribution in [2.45, 2.75) is 25.7 Å². The summed E-state index contributed by atoms with van der Waals surface area (Å²) in [6.07, 6.45) is 3.44. The van der Waals surface area contributed by atoms with Crippen LogP contribution in [0.5, 0.6) is 0 Å². The lowest BCUT2D eigenvalue weighted by Crippen LogP contribution is -2.03. The van der Waals surface area contributed by atoms with Crippen LogP contribution in [0, 0.1) is 5.82 Å². The van der Waals surface area contributed by atoms with E-state index in [2.05, 4.69) is 24.3 Å². The van der Waals surface area contributed by atoms with Crippen molar-refractivity contribution in [3.05, 3.63) is 70.5 Å². The zero-order valence-electron chi connectivity index (χ0n) is 9.75. The zero-order valence-corrected chi connectivity index (χ0v) is 9.75. The normalized spacial score (nSPS) is 14.4. The van der Waals surface area contributed by atoms with Gasteiger partial charge in [0.2, 0.25) is 0 Å². The van der Waals surface area contributed by atoms with Crippen LogP contribution in [-0.2, 0) is 25.7 Å². The van der Waals surface area contributed by atoms with Crippen molar-refractivity contribution in [3.63, 3.8) is 0 Å². The van der Waals surface area contributed by atoms with Gasteiger partial charge >= 0.3 is 0 Å². The van der Waals surface area contributed by atoms with Crippen molar-refractivity contribution in [1.82, 2.24) is 0 Å². The highest BCUT2D eigenvalue weighted by Gasteiger charge is 2.10. The van der Waals surface area contributed by atoms with Gasteiger partial charge in [0.25, 0.3) is 0 Å². The Kier molecular flexibility index (Phi) is 2.68. The number of hydrogen-bond acceptors (Lipinski definition) is 0. The predicted octanol–water partition coefficient (Wildman–Crippen LogP) is 3.71. The standard InChI is InChI=1S/C16H15F/c17-16-14-5-2-6-15(16)10-8-13-4-1-3-12(11-13)7-9-14/h1-6,11H,7-10H2. The van der Waals surface area contributed by atoms with Gasteiger partial charge in [-0.05, 0) is 47.9 Å². The zero-order chi connectivity index (χ0) is 11.7. The molecule has 0 saturated heterocycles. The molecule has 3 rings (SSSR count). The Bertz CT molecular complexity index is 501. The Morgan fingerprint density at radius 2 is 1.24 bits per heavy atom. The van der Waals surface area contributed by atoms with E-state index in [9.17, 15) is 4.39 Å². The van der Waals surface area contributed by atoms with E-state index in [1.807, 2.05) is 18.2 Å². The van der Waals surface area contributed by atoms with Crippen LogP contribution in [-0.4, -0.2) is 0 Å². The van der Waals surface area contributed by atoms with Crippen molar-refractivity contribution in [1.29, 1.82) is 0 Å². The average Bonchev–Trinajstić information content (AvgIpc) is 2.35. The number of halogens is 1. The second-order valence-corrected chi connectivity index (χ2v) is 4.71. The van der Waals surface area contributed by atoms with E-state index >= 15 is 0 Å². The van der Waals surface area contributed by atoms with Crippen LogP contribution in [0.15, 0.2) is 42.5 Å². The molecule has 4 bridgehead atoms. The molecule has 0 saturated carbocycles. The van der Waals surface area contributed by atoms with Crippen LogP contribution < -0.4 is 0 Å². The number of fused-ring (bicyclic) bond motifs is 4. The lowest BCUT2D eigenvalue weighted by atomic mass is 9.94. The molecule has 1 aliphatic rings.